The van der Waals surface area contributed by atoms with E-state index in [1.165, 1.54) is 0 Å². The number of anilines is 1. The summed E-state index contributed by atoms with van der Waals surface area (Å²) in [6.07, 6.45) is 3.24. The Kier molecular flexibility index (Phi) is 5.54. The zero-order chi connectivity index (χ0) is 20.5. The van der Waals surface area contributed by atoms with Gasteiger partial charge in [-0.05, 0) is 18.1 Å². The van der Waals surface area contributed by atoms with Crippen LogP contribution in [0, 0.1) is 5.82 Å². The fraction of sp³-hybridized carbons (Fsp3) is 0.450. The molecular weight excluding hydrogens is 375 g/mol. The lowest BCUT2D eigenvalue weighted by atomic mass is 10.1. The van der Waals surface area contributed by atoms with E-state index >= 15 is 4.39 Å². The molecule has 1 aliphatic rings. The fourth-order valence-corrected chi connectivity index (χ4v) is 3.56. The van der Waals surface area contributed by atoms with E-state index in [2.05, 4.69) is 49.0 Å². The molecule has 0 aliphatic carbocycles. The summed E-state index contributed by atoms with van der Waals surface area (Å²) in [5.74, 6) is 0.241. The summed E-state index contributed by atoms with van der Waals surface area (Å²) in [7, 11) is -1.96. The number of benzene rings is 1. The van der Waals surface area contributed by atoms with Crippen molar-refractivity contribution in [2.24, 2.45) is 5.16 Å². The molecule has 1 aromatic heterocycles. The number of hydrogen-bond donors (Lipinski definition) is 1. The molecule has 0 bridgehead atoms. The van der Waals surface area contributed by atoms with E-state index in [0.717, 1.165) is 0 Å². The summed E-state index contributed by atoms with van der Waals surface area (Å²) in [5.41, 5.74) is 2.31. The lowest BCUT2D eigenvalue weighted by molar-refractivity contribution is 0.271. The Bertz CT molecular complexity index is 871. The molecule has 1 aromatic carbocycles. The zero-order valence-electron chi connectivity index (χ0n) is 17.0. The molecule has 1 fully saturated rings. The van der Waals surface area contributed by atoms with Crippen molar-refractivity contribution in [2.45, 2.75) is 45.5 Å². The smallest absolute Gasteiger partial charge is 0.225 e. The Morgan fingerprint density at radius 2 is 1.86 bits per heavy atom. The van der Waals surface area contributed by atoms with Crippen LogP contribution in [0.2, 0.25) is 18.1 Å². The van der Waals surface area contributed by atoms with Gasteiger partial charge in [-0.2, -0.15) is 0 Å². The molecule has 2 heterocycles. The number of oxime groups is 1. The maximum Gasteiger partial charge on any atom is 0.225 e. The molecule has 8 heteroatoms. The van der Waals surface area contributed by atoms with Crippen LogP contribution in [0.3, 0.4) is 0 Å². The van der Waals surface area contributed by atoms with Gasteiger partial charge in [0, 0.05) is 29.1 Å². The Balaban J connectivity index is 1.76. The van der Waals surface area contributed by atoms with Gasteiger partial charge in [0.25, 0.3) is 0 Å². The highest BCUT2D eigenvalue weighted by Gasteiger charge is 2.37. The molecule has 0 saturated carbocycles. The molecule has 3 rings (SSSR count). The Hall–Kier alpha value is -2.32. The van der Waals surface area contributed by atoms with Crippen LogP contribution >= 0.6 is 0 Å². The summed E-state index contributed by atoms with van der Waals surface area (Å²) in [6.45, 7) is 12.1. The SMILES string of the molecule is CC(C)(C)[Si](C)(C)OCc1cccc(-c2cnc(N3CC(=NO)C3)nc2)c1F. The summed E-state index contributed by atoms with van der Waals surface area (Å²) >= 11 is 0. The van der Waals surface area contributed by atoms with Crippen LogP contribution < -0.4 is 4.90 Å². The normalized spacial score (nSPS) is 14.8. The van der Waals surface area contributed by atoms with Crippen molar-refractivity contribution in [2.75, 3.05) is 18.0 Å². The monoisotopic (exact) mass is 402 g/mol. The van der Waals surface area contributed by atoms with Crippen molar-refractivity contribution >= 4 is 20.0 Å². The minimum absolute atomic E-state index is 0.0716. The summed E-state index contributed by atoms with van der Waals surface area (Å²) in [6, 6.07) is 5.32. The number of aromatic nitrogens is 2. The average molecular weight is 403 g/mol. The van der Waals surface area contributed by atoms with Gasteiger partial charge in [0.05, 0.1) is 25.4 Å². The quantitative estimate of drug-likeness (QED) is 0.454. The maximum absolute atomic E-state index is 15.1. The van der Waals surface area contributed by atoms with Gasteiger partial charge in [-0.3, -0.25) is 0 Å². The first-order chi connectivity index (χ1) is 13.1. The van der Waals surface area contributed by atoms with Crippen molar-refractivity contribution in [3.63, 3.8) is 0 Å². The number of nitrogens with zero attached hydrogens (tertiary/aromatic N) is 4. The Morgan fingerprint density at radius 1 is 1.21 bits per heavy atom. The van der Waals surface area contributed by atoms with Gasteiger partial charge in [-0.15, -0.1) is 0 Å². The molecule has 28 heavy (non-hydrogen) atoms. The molecule has 2 aromatic rings. The summed E-state index contributed by atoms with van der Waals surface area (Å²) in [5, 5.41) is 11.9. The van der Waals surface area contributed by atoms with Crippen LogP contribution in [0.4, 0.5) is 10.3 Å². The van der Waals surface area contributed by atoms with Crippen molar-refractivity contribution in [3.05, 3.63) is 42.0 Å². The number of hydrogen-bond acceptors (Lipinski definition) is 6. The molecule has 1 N–H and O–H groups in total. The van der Waals surface area contributed by atoms with Crippen molar-refractivity contribution in [3.8, 4) is 11.1 Å². The average Bonchev–Trinajstić information content (AvgIpc) is 2.60. The fourth-order valence-electron chi connectivity index (χ4n) is 2.61. The highest BCUT2D eigenvalue weighted by molar-refractivity contribution is 6.74. The van der Waals surface area contributed by atoms with Crippen LogP contribution in [0.1, 0.15) is 26.3 Å². The molecule has 0 amide bonds. The summed E-state index contributed by atoms with van der Waals surface area (Å²) in [4.78, 5) is 10.5. The molecule has 1 aliphatic heterocycles. The van der Waals surface area contributed by atoms with E-state index in [1.54, 1.807) is 24.5 Å². The summed E-state index contributed by atoms with van der Waals surface area (Å²) < 4.78 is 21.3. The first kappa shape index (κ1) is 20.4. The predicted octanol–water partition coefficient (Wildman–Crippen LogP) is 4.45. The highest BCUT2D eigenvalue weighted by Crippen LogP contribution is 2.37. The largest absolute Gasteiger partial charge is 0.412 e. The van der Waals surface area contributed by atoms with Gasteiger partial charge in [0.2, 0.25) is 5.95 Å². The second kappa shape index (κ2) is 7.60. The van der Waals surface area contributed by atoms with E-state index < -0.39 is 8.32 Å². The third-order valence-corrected chi connectivity index (χ3v) is 10.1. The van der Waals surface area contributed by atoms with E-state index in [0.29, 0.717) is 41.4 Å². The van der Waals surface area contributed by atoms with Crippen LogP contribution in [0.15, 0.2) is 35.7 Å². The standard InChI is InChI=1S/C20H27FN4O2Si/c1-20(2,3)28(4,5)27-13-14-7-6-8-17(18(14)21)15-9-22-19(23-10-15)25-11-16(12-25)24-26/h6-10,26H,11-13H2,1-5H3. The second-order valence-corrected chi connectivity index (χ2v) is 13.4. The molecule has 150 valence electrons. The van der Waals surface area contributed by atoms with Gasteiger partial charge < -0.3 is 14.5 Å². The Morgan fingerprint density at radius 3 is 2.43 bits per heavy atom. The maximum atomic E-state index is 15.1. The molecule has 0 spiro atoms. The van der Waals surface area contributed by atoms with E-state index in [4.69, 9.17) is 9.63 Å². The van der Waals surface area contributed by atoms with Gasteiger partial charge >= 0.3 is 0 Å². The highest BCUT2D eigenvalue weighted by atomic mass is 28.4. The van der Waals surface area contributed by atoms with Crippen LogP contribution in [0.25, 0.3) is 11.1 Å². The van der Waals surface area contributed by atoms with Gasteiger partial charge in [-0.25, -0.2) is 14.4 Å². The van der Waals surface area contributed by atoms with Crippen LogP contribution in [0.5, 0.6) is 0 Å². The first-order valence-electron chi connectivity index (χ1n) is 9.31. The van der Waals surface area contributed by atoms with Gasteiger partial charge in [0.1, 0.15) is 5.82 Å². The molecule has 0 unspecified atom stereocenters. The zero-order valence-corrected chi connectivity index (χ0v) is 18.0. The second-order valence-electron chi connectivity index (χ2n) is 8.62. The van der Waals surface area contributed by atoms with Crippen molar-refractivity contribution < 1.29 is 14.0 Å². The molecule has 6 nitrogen and oxygen atoms in total. The lowest BCUT2D eigenvalue weighted by Crippen LogP contribution is -2.48. The first-order valence-corrected chi connectivity index (χ1v) is 12.2. The van der Waals surface area contributed by atoms with Crippen LogP contribution in [-0.2, 0) is 11.0 Å². The van der Waals surface area contributed by atoms with Crippen LogP contribution in [-0.4, -0.2) is 42.3 Å². The molecule has 0 atom stereocenters. The van der Waals surface area contributed by atoms with E-state index in [-0.39, 0.29) is 17.5 Å². The molecule has 1 saturated heterocycles. The third kappa shape index (κ3) is 4.07. The van der Waals surface area contributed by atoms with Crippen molar-refractivity contribution in [1.82, 2.24) is 9.97 Å². The minimum atomic E-state index is -1.96. The number of rotatable bonds is 5. The predicted molar refractivity (Wildman–Crippen MR) is 111 cm³/mol. The Labute approximate surface area is 166 Å². The molecule has 0 radical (unpaired) electrons. The third-order valence-electron chi connectivity index (χ3n) is 5.59. The molecular formula is C20H27FN4O2Si. The van der Waals surface area contributed by atoms with E-state index in [9.17, 15) is 0 Å². The number of halogens is 1. The lowest BCUT2D eigenvalue weighted by Gasteiger charge is -2.36. The topological polar surface area (TPSA) is 70.8 Å². The van der Waals surface area contributed by atoms with Gasteiger partial charge in [-0.1, -0.05) is 44.1 Å². The van der Waals surface area contributed by atoms with Crippen molar-refractivity contribution in [1.29, 1.82) is 0 Å². The van der Waals surface area contributed by atoms with E-state index in [1.807, 2.05) is 11.0 Å². The van der Waals surface area contributed by atoms with Gasteiger partial charge in [0.15, 0.2) is 8.32 Å². The minimum Gasteiger partial charge on any atom is -0.412 e.